The largest absolute Gasteiger partial charge is 0.366 e. The van der Waals surface area contributed by atoms with Gasteiger partial charge in [-0.1, -0.05) is 48.0 Å². The molecule has 3 aromatic rings. The number of anilines is 1. The molecule has 1 amide bonds. The molecule has 31 heavy (non-hydrogen) atoms. The maximum atomic E-state index is 15.1. The highest BCUT2D eigenvalue weighted by Crippen LogP contribution is 2.52. The summed E-state index contributed by atoms with van der Waals surface area (Å²) < 4.78 is 30.1. The van der Waals surface area contributed by atoms with Crippen LogP contribution in [0.25, 0.3) is 11.1 Å². The summed E-state index contributed by atoms with van der Waals surface area (Å²) in [5, 5.41) is 3.24. The van der Waals surface area contributed by atoms with E-state index in [0.29, 0.717) is 30.8 Å². The van der Waals surface area contributed by atoms with Gasteiger partial charge in [0.15, 0.2) is 0 Å². The van der Waals surface area contributed by atoms with Gasteiger partial charge in [-0.3, -0.25) is 4.79 Å². The van der Waals surface area contributed by atoms with E-state index >= 15 is 8.78 Å². The molecule has 0 bridgehead atoms. The van der Waals surface area contributed by atoms with Crippen molar-refractivity contribution in [1.82, 2.24) is 5.32 Å². The number of nitrogens with zero attached hydrogens (tertiary/aromatic N) is 1. The number of fused-ring (bicyclic) bond motifs is 3. The molecule has 2 aliphatic heterocycles. The predicted molar refractivity (Wildman–Crippen MR) is 117 cm³/mol. The molecule has 4 nitrogen and oxygen atoms in total. The molecule has 1 saturated heterocycles. The summed E-state index contributed by atoms with van der Waals surface area (Å²) in [6, 6.07) is 15.5. The van der Waals surface area contributed by atoms with Crippen LogP contribution in [0.15, 0.2) is 54.6 Å². The van der Waals surface area contributed by atoms with Crippen molar-refractivity contribution in [2.75, 3.05) is 24.5 Å². The van der Waals surface area contributed by atoms with E-state index in [9.17, 15) is 4.79 Å². The van der Waals surface area contributed by atoms with Crippen LogP contribution in [0, 0.1) is 11.6 Å². The lowest BCUT2D eigenvalue weighted by Crippen LogP contribution is -2.57. The van der Waals surface area contributed by atoms with Crippen molar-refractivity contribution in [1.29, 1.82) is 0 Å². The van der Waals surface area contributed by atoms with Gasteiger partial charge in [0, 0.05) is 48.4 Å². The number of hydrogen-bond acceptors (Lipinski definition) is 3. The molecule has 2 heterocycles. The van der Waals surface area contributed by atoms with Gasteiger partial charge >= 0.3 is 0 Å². The Morgan fingerprint density at radius 2 is 1.84 bits per heavy atom. The lowest BCUT2D eigenvalue weighted by Gasteiger charge is -2.45. The molecule has 3 aromatic carbocycles. The van der Waals surface area contributed by atoms with E-state index in [4.69, 9.17) is 17.3 Å². The van der Waals surface area contributed by atoms with Crippen molar-refractivity contribution >= 4 is 23.2 Å². The summed E-state index contributed by atoms with van der Waals surface area (Å²) in [4.78, 5) is 14.2. The van der Waals surface area contributed by atoms with Crippen molar-refractivity contribution in [3.05, 3.63) is 87.9 Å². The van der Waals surface area contributed by atoms with E-state index in [1.807, 2.05) is 30.3 Å². The summed E-state index contributed by atoms with van der Waals surface area (Å²) in [6.45, 7) is 2.03. The first kappa shape index (κ1) is 20.0. The highest BCUT2D eigenvalue weighted by atomic mass is 35.5. The van der Waals surface area contributed by atoms with E-state index < -0.39 is 23.1 Å². The number of nitrogens with one attached hydrogen (secondary N) is 1. The zero-order chi connectivity index (χ0) is 21.8. The van der Waals surface area contributed by atoms with Crippen molar-refractivity contribution in [3.8, 4) is 11.1 Å². The molecule has 0 aliphatic carbocycles. The van der Waals surface area contributed by atoms with Crippen LogP contribution in [-0.2, 0) is 12.0 Å². The summed E-state index contributed by atoms with van der Waals surface area (Å²) in [5.74, 6) is -2.11. The Labute approximate surface area is 183 Å². The van der Waals surface area contributed by atoms with Gasteiger partial charge in [0.25, 0.3) is 0 Å². The number of rotatable bonds is 3. The minimum absolute atomic E-state index is 0.0218. The fraction of sp³-hybridized carbons (Fsp3) is 0.208. The summed E-state index contributed by atoms with van der Waals surface area (Å²) in [5.41, 5.74) is 7.65. The Balaban J connectivity index is 1.81. The topological polar surface area (TPSA) is 58.4 Å². The Bertz CT molecular complexity index is 1200. The Morgan fingerprint density at radius 3 is 2.58 bits per heavy atom. The second kappa shape index (κ2) is 7.32. The van der Waals surface area contributed by atoms with Gasteiger partial charge < -0.3 is 16.0 Å². The van der Waals surface area contributed by atoms with Crippen LogP contribution >= 0.6 is 11.6 Å². The molecule has 1 atom stereocenters. The van der Waals surface area contributed by atoms with E-state index in [-0.39, 0.29) is 21.7 Å². The predicted octanol–water partition coefficient (Wildman–Crippen LogP) is 4.25. The van der Waals surface area contributed by atoms with E-state index in [0.717, 1.165) is 12.1 Å². The third kappa shape index (κ3) is 2.93. The fourth-order valence-corrected chi connectivity index (χ4v) is 5.28. The zero-order valence-corrected chi connectivity index (χ0v) is 17.3. The van der Waals surface area contributed by atoms with Gasteiger partial charge in [0.2, 0.25) is 5.91 Å². The number of hydrogen-bond donors (Lipinski definition) is 2. The van der Waals surface area contributed by atoms with Crippen LogP contribution in [0.3, 0.4) is 0 Å². The van der Waals surface area contributed by atoms with Crippen LogP contribution in [0.1, 0.15) is 21.5 Å². The first-order chi connectivity index (χ1) is 14.9. The Morgan fingerprint density at radius 1 is 1.06 bits per heavy atom. The number of carbonyl (C=O) groups excluding carboxylic acids is 1. The second-order valence-corrected chi connectivity index (χ2v) is 8.35. The third-order valence-corrected chi connectivity index (χ3v) is 6.72. The van der Waals surface area contributed by atoms with Gasteiger partial charge in [0.05, 0.1) is 10.6 Å². The number of nitrogens with two attached hydrogens (primary N) is 1. The van der Waals surface area contributed by atoms with Crippen LogP contribution in [-0.4, -0.2) is 25.5 Å². The maximum Gasteiger partial charge on any atom is 0.249 e. The van der Waals surface area contributed by atoms with Gasteiger partial charge in [-0.25, -0.2) is 8.78 Å². The monoisotopic (exact) mass is 439 g/mol. The molecule has 5 rings (SSSR count). The normalized spacial score (nSPS) is 19.8. The van der Waals surface area contributed by atoms with Crippen LogP contribution in [0.4, 0.5) is 14.5 Å². The first-order valence-corrected chi connectivity index (χ1v) is 10.5. The molecule has 1 fully saturated rings. The van der Waals surface area contributed by atoms with Gasteiger partial charge in [0.1, 0.15) is 11.6 Å². The quantitative estimate of drug-likeness (QED) is 0.641. The van der Waals surface area contributed by atoms with Crippen LogP contribution in [0.5, 0.6) is 0 Å². The number of benzene rings is 3. The smallest absolute Gasteiger partial charge is 0.249 e. The second-order valence-electron chi connectivity index (χ2n) is 7.97. The number of amides is 1. The summed E-state index contributed by atoms with van der Waals surface area (Å²) in [7, 11) is 0. The molecule has 2 aliphatic rings. The molecular weight excluding hydrogens is 420 g/mol. The minimum atomic E-state index is -0.793. The molecule has 0 unspecified atom stereocenters. The van der Waals surface area contributed by atoms with Crippen molar-refractivity contribution < 1.29 is 13.6 Å². The van der Waals surface area contributed by atoms with E-state index in [1.54, 1.807) is 0 Å². The lowest BCUT2D eigenvalue weighted by atomic mass is 9.83. The molecule has 0 spiro atoms. The van der Waals surface area contributed by atoms with Gasteiger partial charge in [-0.15, -0.1) is 0 Å². The van der Waals surface area contributed by atoms with Crippen LogP contribution in [0.2, 0.25) is 5.02 Å². The Hall–Kier alpha value is -2.96. The average molecular weight is 440 g/mol. The summed E-state index contributed by atoms with van der Waals surface area (Å²) >= 11 is 6.42. The Kier molecular flexibility index (Phi) is 4.72. The molecular formula is C24H20ClF2N3O. The summed E-state index contributed by atoms with van der Waals surface area (Å²) in [6.07, 6.45) is 0.487. The average Bonchev–Trinajstić information content (AvgIpc) is 3.11. The lowest BCUT2D eigenvalue weighted by molar-refractivity contribution is 0.100. The standard InChI is InChI=1S/C24H20ClF2N3O/c25-22-18(27)11-19-16(21(22)20-15(23(28)31)7-4-8-17(20)26)12-24(13-29-9-10-30(19)24)14-5-2-1-3-6-14/h1-8,11,29H,9-10,12-13H2,(H2,28,31)/t24-/m1/s1. The first-order valence-electron chi connectivity index (χ1n) is 10.1. The minimum Gasteiger partial charge on any atom is -0.366 e. The highest BCUT2D eigenvalue weighted by Gasteiger charge is 2.48. The van der Waals surface area contributed by atoms with Crippen molar-refractivity contribution in [2.45, 2.75) is 12.0 Å². The molecule has 158 valence electrons. The highest BCUT2D eigenvalue weighted by molar-refractivity contribution is 6.34. The van der Waals surface area contributed by atoms with Crippen LogP contribution < -0.4 is 16.0 Å². The van der Waals surface area contributed by atoms with E-state index in [2.05, 4.69) is 10.2 Å². The maximum absolute atomic E-state index is 15.1. The van der Waals surface area contributed by atoms with Gasteiger partial charge in [-0.05, 0) is 29.3 Å². The SMILES string of the molecule is NC(=O)c1cccc(F)c1-c1c(Cl)c(F)cc2c1C[C@]1(c3ccccc3)CNCCN21. The number of piperazine rings is 1. The molecule has 7 heteroatoms. The molecule has 3 N–H and O–H groups in total. The molecule has 0 aromatic heterocycles. The number of carbonyl (C=O) groups is 1. The molecule has 0 saturated carbocycles. The number of primary amides is 1. The zero-order valence-electron chi connectivity index (χ0n) is 16.6. The third-order valence-electron chi connectivity index (χ3n) is 6.35. The molecule has 0 radical (unpaired) electrons. The fourth-order valence-electron chi connectivity index (χ4n) is 5.02. The van der Waals surface area contributed by atoms with Crippen molar-refractivity contribution in [2.24, 2.45) is 5.73 Å². The van der Waals surface area contributed by atoms with E-state index in [1.165, 1.54) is 24.3 Å². The van der Waals surface area contributed by atoms with Crippen molar-refractivity contribution in [3.63, 3.8) is 0 Å². The van der Waals surface area contributed by atoms with Gasteiger partial charge in [-0.2, -0.15) is 0 Å². The number of halogens is 3.